The molecule has 0 aliphatic rings. The van der Waals surface area contributed by atoms with Gasteiger partial charge in [-0.1, -0.05) is 12.1 Å². The summed E-state index contributed by atoms with van der Waals surface area (Å²) in [4.78, 5) is 13.8. The highest BCUT2D eigenvalue weighted by molar-refractivity contribution is 5.80. The molecule has 0 radical (unpaired) electrons. The van der Waals surface area contributed by atoms with Gasteiger partial charge in [-0.05, 0) is 24.1 Å². The number of benzene rings is 1. The van der Waals surface area contributed by atoms with Gasteiger partial charge < -0.3 is 14.3 Å². The standard InChI is InChI=1S/C16H21NO4/c1-12-3-4-14-13(10-16(19)21-15(14)9-12)11-17(5-7-18)6-8-20-2/h3-4,9-10,18H,5-8,11H2,1-2H3. The summed E-state index contributed by atoms with van der Waals surface area (Å²) in [5, 5.41) is 10.1. The molecule has 21 heavy (non-hydrogen) atoms. The Labute approximate surface area is 123 Å². The van der Waals surface area contributed by atoms with Gasteiger partial charge in [0.2, 0.25) is 0 Å². The summed E-state index contributed by atoms with van der Waals surface area (Å²) in [6, 6.07) is 7.36. The zero-order valence-corrected chi connectivity index (χ0v) is 12.5. The minimum atomic E-state index is -0.348. The number of aliphatic hydroxyl groups is 1. The maximum atomic E-state index is 11.7. The van der Waals surface area contributed by atoms with Gasteiger partial charge in [0, 0.05) is 38.2 Å². The lowest BCUT2D eigenvalue weighted by Gasteiger charge is -2.21. The van der Waals surface area contributed by atoms with Crippen molar-refractivity contribution in [2.24, 2.45) is 0 Å². The van der Waals surface area contributed by atoms with Crippen molar-refractivity contribution in [2.75, 3.05) is 33.4 Å². The van der Waals surface area contributed by atoms with Crippen molar-refractivity contribution < 1.29 is 14.3 Å². The summed E-state index contributed by atoms with van der Waals surface area (Å²) >= 11 is 0. The van der Waals surface area contributed by atoms with Crippen LogP contribution >= 0.6 is 0 Å². The molecule has 2 aromatic rings. The van der Waals surface area contributed by atoms with Crippen LogP contribution in [0.25, 0.3) is 11.0 Å². The Balaban J connectivity index is 2.33. The van der Waals surface area contributed by atoms with E-state index >= 15 is 0 Å². The molecular formula is C16H21NO4. The molecule has 0 aliphatic heterocycles. The van der Waals surface area contributed by atoms with E-state index in [-0.39, 0.29) is 12.2 Å². The number of methoxy groups -OCH3 is 1. The normalized spacial score (nSPS) is 11.4. The van der Waals surface area contributed by atoms with Crippen molar-refractivity contribution >= 4 is 11.0 Å². The topological polar surface area (TPSA) is 62.9 Å². The van der Waals surface area contributed by atoms with Crippen LogP contribution in [0, 0.1) is 6.92 Å². The third-order valence-electron chi connectivity index (χ3n) is 3.41. The molecule has 0 fully saturated rings. The van der Waals surface area contributed by atoms with Crippen LogP contribution in [0.1, 0.15) is 11.1 Å². The third kappa shape index (κ3) is 4.14. The Bertz CT molecular complexity index is 650. The fourth-order valence-electron chi connectivity index (χ4n) is 2.34. The van der Waals surface area contributed by atoms with Gasteiger partial charge in [0.25, 0.3) is 0 Å². The van der Waals surface area contributed by atoms with Crippen molar-refractivity contribution in [3.63, 3.8) is 0 Å². The smallest absolute Gasteiger partial charge is 0.336 e. The van der Waals surface area contributed by atoms with Crippen LogP contribution in [-0.2, 0) is 11.3 Å². The fraction of sp³-hybridized carbons (Fsp3) is 0.438. The van der Waals surface area contributed by atoms with Crippen molar-refractivity contribution in [2.45, 2.75) is 13.5 Å². The second-order valence-corrected chi connectivity index (χ2v) is 5.08. The van der Waals surface area contributed by atoms with Gasteiger partial charge in [0.15, 0.2) is 0 Å². The first-order chi connectivity index (χ1) is 10.1. The van der Waals surface area contributed by atoms with E-state index in [0.29, 0.717) is 31.8 Å². The highest BCUT2D eigenvalue weighted by atomic mass is 16.5. The van der Waals surface area contributed by atoms with Crippen molar-refractivity contribution in [1.82, 2.24) is 4.90 Å². The van der Waals surface area contributed by atoms with Crippen LogP contribution in [0.15, 0.2) is 33.5 Å². The number of rotatable bonds is 7. The third-order valence-corrected chi connectivity index (χ3v) is 3.41. The zero-order valence-electron chi connectivity index (χ0n) is 12.5. The number of fused-ring (bicyclic) bond motifs is 1. The number of hydrogen-bond donors (Lipinski definition) is 1. The summed E-state index contributed by atoms with van der Waals surface area (Å²) < 4.78 is 10.3. The average Bonchev–Trinajstić information content (AvgIpc) is 2.44. The molecule has 1 N–H and O–H groups in total. The first-order valence-corrected chi connectivity index (χ1v) is 6.99. The molecule has 0 amide bonds. The predicted octanol–water partition coefficient (Wildman–Crippen LogP) is 1.54. The minimum absolute atomic E-state index is 0.0716. The number of aliphatic hydroxyl groups excluding tert-OH is 1. The van der Waals surface area contributed by atoms with Gasteiger partial charge in [-0.2, -0.15) is 0 Å². The largest absolute Gasteiger partial charge is 0.423 e. The van der Waals surface area contributed by atoms with Gasteiger partial charge in [0.05, 0.1) is 13.2 Å². The van der Waals surface area contributed by atoms with E-state index in [1.807, 2.05) is 25.1 Å². The highest BCUT2D eigenvalue weighted by Gasteiger charge is 2.10. The molecule has 0 spiro atoms. The molecule has 5 heteroatoms. The summed E-state index contributed by atoms with van der Waals surface area (Å²) in [7, 11) is 1.65. The average molecular weight is 291 g/mol. The molecule has 0 atom stereocenters. The number of ether oxygens (including phenoxy) is 1. The Hall–Kier alpha value is -1.69. The molecule has 1 aromatic heterocycles. The van der Waals surface area contributed by atoms with E-state index in [4.69, 9.17) is 14.3 Å². The van der Waals surface area contributed by atoms with Gasteiger partial charge >= 0.3 is 5.63 Å². The first-order valence-electron chi connectivity index (χ1n) is 6.99. The van der Waals surface area contributed by atoms with Gasteiger partial charge in [0.1, 0.15) is 5.58 Å². The molecule has 1 aromatic carbocycles. The maximum Gasteiger partial charge on any atom is 0.336 e. The minimum Gasteiger partial charge on any atom is -0.423 e. The van der Waals surface area contributed by atoms with Crippen molar-refractivity contribution in [3.05, 3.63) is 45.8 Å². The molecule has 0 saturated heterocycles. The molecule has 0 bridgehead atoms. The van der Waals surface area contributed by atoms with E-state index in [1.54, 1.807) is 7.11 Å². The van der Waals surface area contributed by atoms with Crippen LogP contribution in [-0.4, -0.2) is 43.4 Å². The second kappa shape index (κ2) is 7.36. The lowest BCUT2D eigenvalue weighted by Crippen LogP contribution is -2.30. The predicted molar refractivity (Wildman–Crippen MR) is 81.5 cm³/mol. The summed E-state index contributed by atoms with van der Waals surface area (Å²) in [6.45, 7) is 4.43. The van der Waals surface area contributed by atoms with Gasteiger partial charge in [-0.15, -0.1) is 0 Å². The molecule has 0 saturated carbocycles. The van der Waals surface area contributed by atoms with E-state index in [2.05, 4.69) is 4.90 Å². The molecule has 0 aliphatic carbocycles. The monoisotopic (exact) mass is 291 g/mol. The molecular weight excluding hydrogens is 270 g/mol. The number of hydrogen-bond acceptors (Lipinski definition) is 5. The SMILES string of the molecule is COCCN(CCO)Cc1cc(=O)oc2cc(C)ccc12. The molecule has 0 unspecified atom stereocenters. The fourth-order valence-corrected chi connectivity index (χ4v) is 2.34. The lowest BCUT2D eigenvalue weighted by atomic mass is 10.1. The van der Waals surface area contributed by atoms with Crippen LogP contribution < -0.4 is 5.63 Å². The molecule has 1 heterocycles. The molecule has 5 nitrogen and oxygen atoms in total. The highest BCUT2D eigenvalue weighted by Crippen LogP contribution is 2.19. The Morgan fingerprint density at radius 3 is 2.81 bits per heavy atom. The van der Waals surface area contributed by atoms with Crippen molar-refractivity contribution in [3.8, 4) is 0 Å². The van der Waals surface area contributed by atoms with Crippen LogP contribution in [0.4, 0.5) is 0 Å². The second-order valence-electron chi connectivity index (χ2n) is 5.08. The Kier molecular flexibility index (Phi) is 5.50. The van der Waals surface area contributed by atoms with E-state index in [1.165, 1.54) is 6.07 Å². The van der Waals surface area contributed by atoms with E-state index in [0.717, 1.165) is 16.5 Å². The lowest BCUT2D eigenvalue weighted by molar-refractivity contribution is 0.127. The quantitative estimate of drug-likeness (QED) is 0.784. The summed E-state index contributed by atoms with van der Waals surface area (Å²) in [5.74, 6) is 0. The Morgan fingerprint density at radius 2 is 2.10 bits per heavy atom. The number of nitrogens with zero attached hydrogens (tertiary/aromatic N) is 1. The van der Waals surface area contributed by atoms with Crippen LogP contribution in [0.2, 0.25) is 0 Å². The van der Waals surface area contributed by atoms with E-state index < -0.39 is 0 Å². The van der Waals surface area contributed by atoms with Crippen molar-refractivity contribution in [1.29, 1.82) is 0 Å². The zero-order chi connectivity index (χ0) is 15.2. The van der Waals surface area contributed by atoms with Crippen LogP contribution in [0.5, 0.6) is 0 Å². The van der Waals surface area contributed by atoms with Gasteiger partial charge in [-0.3, -0.25) is 4.90 Å². The Morgan fingerprint density at radius 1 is 1.29 bits per heavy atom. The molecule has 2 rings (SSSR count). The van der Waals surface area contributed by atoms with Crippen LogP contribution in [0.3, 0.4) is 0 Å². The molecule has 114 valence electrons. The maximum absolute atomic E-state index is 11.7. The first kappa shape index (κ1) is 15.7. The summed E-state index contributed by atoms with van der Waals surface area (Å²) in [6.07, 6.45) is 0. The summed E-state index contributed by atoms with van der Waals surface area (Å²) in [5.41, 5.74) is 2.21. The number of aryl methyl sites for hydroxylation is 1. The van der Waals surface area contributed by atoms with Gasteiger partial charge in [-0.25, -0.2) is 4.79 Å². The van der Waals surface area contributed by atoms with E-state index in [9.17, 15) is 4.79 Å².